The summed E-state index contributed by atoms with van der Waals surface area (Å²) in [5.74, 6) is -0.244. The molecule has 0 aliphatic carbocycles. The van der Waals surface area contributed by atoms with E-state index in [1.807, 2.05) is 48.5 Å². The fourth-order valence-corrected chi connectivity index (χ4v) is 3.15. The highest BCUT2D eigenvalue weighted by molar-refractivity contribution is 7.99. The van der Waals surface area contributed by atoms with Gasteiger partial charge < -0.3 is 4.74 Å². The van der Waals surface area contributed by atoms with E-state index in [9.17, 15) is 9.59 Å². The lowest BCUT2D eigenvalue weighted by molar-refractivity contribution is -0.147. The standard InChI is InChI=1S/C19H20O3S/c1-2-22-19(21)16(14-23-17-11-7-4-8-12-17)13-18(20)15-9-5-3-6-10-15/h3-12,16H,2,13-14H2,1H3. The smallest absolute Gasteiger partial charge is 0.310 e. The Balaban J connectivity index is 2.02. The molecule has 0 heterocycles. The third-order valence-electron chi connectivity index (χ3n) is 3.34. The van der Waals surface area contributed by atoms with Crippen molar-refractivity contribution in [2.45, 2.75) is 18.2 Å². The highest BCUT2D eigenvalue weighted by atomic mass is 32.2. The van der Waals surface area contributed by atoms with Gasteiger partial charge in [-0.2, -0.15) is 0 Å². The van der Waals surface area contributed by atoms with Crippen LogP contribution in [0.2, 0.25) is 0 Å². The Morgan fingerprint density at radius 3 is 2.22 bits per heavy atom. The Kier molecular flexibility index (Phi) is 6.88. The Hall–Kier alpha value is -2.07. The molecule has 2 aromatic rings. The number of hydrogen-bond acceptors (Lipinski definition) is 4. The second kappa shape index (κ2) is 9.16. The van der Waals surface area contributed by atoms with Crippen molar-refractivity contribution in [2.24, 2.45) is 5.92 Å². The number of carbonyl (C=O) groups excluding carboxylic acids is 2. The molecule has 3 nitrogen and oxygen atoms in total. The number of rotatable bonds is 8. The number of ether oxygens (including phenoxy) is 1. The van der Waals surface area contributed by atoms with Crippen LogP contribution in [0.1, 0.15) is 23.7 Å². The van der Waals surface area contributed by atoms with Crippen molar-refractivity contribution in [3.05, 3.63) is 66.2 Å². The summed E-state index contributed by atoms with van der Waals surface area (Å²) in [6.45, 7) is 2.10. The van der Waals surface area contributed by atoms with Crippen LogP contribution in [0.25, 0.3) is 0 Å². The van der Waals surface area contributed by atoms with E-state index in [1.54, 1.807) is 30.8 Å². The first-order valence-electron chi connectivity index (χ1n) is 7.63. The van der Waals surface area contributed by atoms with Crippen LogP contribution < -0.4 is 0 Å². The summed E-state index contributed by atoms with van der Waals surface area (Å²) in [4.78, 5) is 25.6. The van der Waals surface area contributed by atoms with Gasteiger partial charge in [0.25, 0.3) is 0 Å². The maximum Gasteiger partial charge on any atom is 0.310 e. The van der Waals surface area contributed by atoms with Gasteiger partial charge in [0, 0.05) is 22.6 Å². The van der Waals surface area contributed by atoms with Crippen LogP contribution in [0, 0.1) is 5.92 Å². The predicted molar refractivity (Wildman–Crippen MR) is 92.7 cm³/mol. The highest BCUT2D eigenvalue weighted by Crippen LogP contribution is 2.23. The minimum absolute atomic E-state index is 0.0303. The minimum Gasteiger partial charge on any atom is -0.466 e. The quantitative estimate of drug-likeness (QED) is 0.413. The van der Waals surface area contributed by atoms with Crippen molar-refractivity contribution in [1.82, 2.24) is 0 Å². The van der Waals surface area contributed by atoms with E-state index in [0.717, 1.165) is 4.90 Å². The molecule has 120 valence electrons. The van der Waals surface area contributed by atoms with Crippen LogP contribution >= 0.6 is 11.8 Å². The molecule has 0 aliphatic heterocycles. The number of carbonyl (C=O) groups is 2. The second-order valence-corrected chi connectivity index (χ2v) is 6.16. The van der Waals surface area contributed by atoms with Gasteiger partial charge in [-0.25, -0.2) is 0 Å². The first-order valence-corrected chi connectivity index (χ1v) is 8.62. The Bertz CT molecular complexity index is 626. The molecule has 0 saturated carbocycles. The molecule has 0 fully saturated rings. The Morgan fingerprint density at radius 1 is 1.00 bits per heavy atom. The van der Waals surface area contributed by atoms with Gasteiger partial charge in [-0.3, -0.25) is 9.59 Å². The summed E-state index contributed by atoms with van der Waals surface area (Å²) < 4.78 is 5.12. The lowest BCUT2D eigenvalue weighted by Gasteiger charge is -2.14. The van der Waals surface area contributed by atoms with Crippen LogP contribution in [0.5, 0.6) is 0 Å². The zero-order chi connectivity index (χ0) is 16.5. The van der Waals surface area contributed by atoms with E-state index in [1.165, 1.54) is 0 Å². The summed E-state index contributed by atoms with van der Waals surface area (Å²) in [6.07, 6.45) is 0.169. The van der Waals surface area contributed by atoms with E-state index >= 15 is 0 Å². The van der Waals surface area contributed by atoms with Gasteiger partial charge in [-0.15, -0.1) is 11.8 Å². The van der Waals surface area contributed by atoms with Crippen molar-refractivity contribution in [2.75, 3.05) is 12.4 Å². The molecule has 0 saturated heterocycles. The monoisotopic (exact) mass is 328 g/mol. The summed E-state index contributed by atoms with van der Waals surface area (Å²) in [7, 11) is 0. The summed E-state index contributed by atoms with van der Waals surface area (Å²) in [5.41, 5.74) is 0.631. The molecule has 0 amide bonds. The van der Waals surface area contributed by atoms with Gasteiger partial charge in [-0.1, -0.05) is 48.5 Å². The third-order valence-corrected chi connectivity index (χ3v) is 4.52. The third kappa shape index (κ3) is 5.57. The lowest BCUT2D eigenvalue weighted by atomic mass is 10.00. The minimum atomic E-state index is -0.437. The number of hydrogen-bond donors (Lipinski definition) is 0. The molecule has 0 aliphatic rings. The predicted octanol–water partition coefficient (Wildman–Crippen LogP) is 4.23. The van der Waals surface area contributed by atoms with Crippen LogP contribution in [-0.2, 0) is 9.53 Å². The molecular weight excluding hydrogens is 308 g/mol. The molecule has 23 heavy (non-hydrogen) atoms. The SMILES string of the molecule is CCOC(=O)C(CSc1ccccc1)CC(=O)c1ccccc1. The average molecular weight is 328 g/mol. The summed E-state index contributed by atoms with van der Waals surface area (Å²) in [6, 6.07) is 18.9. The van der Waals surface area contributed by atoms with Crippen molar-refractivity contribution >= 4 is 23.5 Å². The van der Waals surface area contributed by atoms with Crippen molar-refractivity contribution in [3.63, 3.8) is 0 Å². The molecule has 0 bridgehead atoms. The Labute approximate surface area is 141 Å². The molecule has 0 aromatic heterocycles. The van der Waals surface area contributed by atoms with Gasteiger partial charge in [0.2, 0.25) is 0 Å². The van der Waals surface area contributed by atoms with Crippen LogP contribution in [0.3, 0.4) is 0 Å². The normalized spacial score (nSPS) is 11.7. The molecule has 4 heteroatoms. The molecular formula is C19H20O3S. The molecule has 0 spiro atoms. The molecule has 0 N–H and O–H groups in total. The van der Waals surface area contributed by atoms with Gasteiger partial charge in [-0.05, 0) is 19.1 Å². The van der Waals surface area contributed by atoms with E-state index in [2.05, 4.69) is 0 Å². The fourth-order valence-electron chi connectivity index (χ4n) is 2.15. The van der Waals surface area contributed by atoms with Crippen LogP contribution in [-0.4, -0.2) is 24.1 Å². The Morgan fingerprint density at radius 2 is 1.61 bits per heavy atom. The zero-order valence-electron chi connectivity index (χ0n) is 13.1. The molecule has 2 aromatic carbocycles. The van der Waals surface area contributed by atoms with Gasteiger partial charge in [0.05, 0.1) is 12.5 Å². The maximum absolute atomic E-state index is 12.4. The lowest BCUT2D eigenvalue weighted by Crippen LogP contribution is -2.23. The summed E-state index contributed by atoms with van der Waals surface area (Å²) >= 11 is 1.57. The van der Waals surface area contributed by atoms with Gasteiger partial charge in [0.15, 0.2) is 5.78 Å². The fraction of sp³-hybridized carbons (Fsp3) is 0.263. The van der Waals surface area contributed by atoms with Gasteiger partial charge in [0.1, 0.15) is 0 Å². The number of ketones is 1. The van der Waals surface area contributed by atoms with Crippen LogP contribution in [0.4, 0.5) is 0 Å². The second-order valence-electron chi connectivity index (χ2n) is 5.07. The largest absolute Gasteiger partial charge is 0.466 e. The number of Topliss-reactive ketones (excluding diaryl/α,β-unsaturated/α-hetero) is 1. The molecule has 1 atom stereocenters. The number of esters is 1. The molecule has 2 rings (SSSR count). The highest BCUT2D eigenvalue weighted by Gasteiger charge is 2.24. The first-order chi connectivity index (χ1) is 11.2. The number of benzene rings is 2. The van der Waals surface area contributed by atoms with Crippen molar-refractivity contribution < 1.29 is 14.3 Å². The van der Waals surface area contributed by atoms with Gasteiger partial charge >= 0.3 is 5.97 Å². The average Bonchev–Trinajstić information content (AvgIpc) is 2.60. The van der Waals surface area contributed by atoms with Crippen molar-refractivity contribution in [3.8, 4) is 0 Å². The van der Waals surface area contributed by atoms with Crippen LogP contribution in [0.15, 0.2) is 65.6 Å². The first kappa shape index (κ1) is 17.3. The maximum atomic E-state index is 12.4. The molecule has 0 radical (unpaired) electrons. The number of thioether (sulfide) groups is 1. The summed E-state index contributed by atoms with van der Waals surface area (Å²) in [5, 5.41) is 0. The van der Waals surface area contributed by atoms with E-state index in [4.69, 9.17) is 4.74 Å². The van der Waals surface area contributed by atoms with E-state index in [0.29, 0.717) is 17.9 Å². The zero-order valence-corrected chi connectivity index (χ0v) is 13.9. The van der Waals surface area contributed by atoms with E-state index < -0.39 is 5.92 Å². The molecule has 1 unspecified atom stereocenters. The van der Waals surface area contributed by atoms with E-state index in [-0.39, 0.29) is 18.2 Å². The van der Waals surface area contributed by atoms with Crippen molar-refractivity contribution in [1.29, 1.82) is 0 Å². The topological polar surface area (TPSA) is 43.4 Å².